The summed E-state index contributed by atoms with van der Waals surface area (Å²) >= 11 is 0. The highest BCUT2D eigenvalue weighted by molar-refractivity contribution is 5.90. The van der Waals surface area contributed by atoms with Crippen molar-refractivity contribution in [2.75, 3.05) is 19.7 Å². The van der Waals surface area contributed by atoms with Crippen molar-refractivity contribution >= 4 is 17.8 Å². The quantitative estimate of drug-likeness (QED) is 0.553. The van der Waals surface area contributed by atoms with Crippen LogP contribution in [-0.4, -0.2) is 54.7 Å². The number of cyclic esters (lactones) is 1. The number of hydrogen-bond acceptors (Lipinski definition) is 5. The van der Waals surface area contributed by atoms with Crippen LogP contribution in [0.2, 0.25) is 0 Å². The molecule has 0 bridgehead atoms. The zero-order valence-electron chi connectivity index (χ0n) is 11.8. The molecule has 2 heterocycles. The van der Waals surface area contributed by atoms with E-state index in [1.807, 2.05) is 12.2 Å². The van der Waals surface area contributed by atoms with Crippen molar-refractivity contribution < 1.29 is 23.9 Å². The number of rotatable bonds is 5. The number of nitrogens with zero attached hydrogens (tertiary/aromatic N) is 1. The smallest absolute Gasteiger partial charge is 0.310 e. The Morgan fingerprint density at radius 1 is 1.52 bits per heavy atom. The molecular weight excluding hydrogens is 276 g/mol. The van der Waals surface area contributed by atoms with Crippen LogP contribution in [-0.2, 0) is 23.9 Å². The van der Waals surface area contributed by atoms with Crippen molar-refractivity contribution in [1.82, 2.24) is 10.2 Å². The van der Waals surface area contributed by atoms with Crippen molar-refractivity contribution in [2.24, 2.45) is 0 Å². The molecule has 2 amide bonds. The molecule has 2 radical (unpaired) electrons. The predicted octanol–water partition coefficient (Wildman–Crippen LogP) is -0.350. The Labute approximate surface area is 123 Å². The van der Waals surface area contributed by atoms with E-state index in [0.29, 0.717) is 19.6 Å². The van der Waals surface area contributed by atoms with Crippen LogP contribution in [0.1, 0.15) is 19.8 Å². The second-order valence-corrected chi connectivity index (χ2v) is 4.73. The average molecular weight is 294 g/mol. The molecule has 1 fully saturated rings. The fourth-order valence-corrected chi connectivity index (χ4v) is 2.16. The van der Waals surface area contributed by atoms with Crippen LogP contribution in [0.3, 0.4) is 0 Å². The lowest BCUT2D eigenvalue weighted by molar-refractivity contribution is -0.164. The van der Waals surface area contributed by atoms with Gasteiger partial charge in [-0.1, -0.05) is 12.2 Å². The summed E-state index contributed by atoms with van der Waals surface area (Å²) in [6.45, 7) is 2.44. The van der Waals surface area contributed by atoms with Gasteiger partial charge in [-0.2, -0.15) is 0 Å². The minimum atomic E-state index is -0.760. The number of ether oxygens (including phenoxy) is 2. The molecule has 0 aromatic rings. The van der Waals surface area contributed by atoms with E-state index in [1.54, 1.807) is 6.92 Å². The highest BCUT2D eigenvalue weighted by Gasteiger charge is 2.36. The molecular formula is C14H18N2O5. The highest BCUT2D eigenvalue weighted by Crippen LogP contribution is 2.16. The lowest BCUT2D eigenvalue weighted by Gasteiger charge is -2.22. The van der Waals surface area contributed by atoms with Gasteiger partial charge in [-0.25, -0.2) is 0 Å². The zero-order valence-corrected chi connectivity index (χ0v) is 11.8. The van der Waals surface area contributed by atoms with Crippen LogP contribution in [0.15, 0.2) is 12.2 Å². The van der Waals surface area contributed by atoms with Crippen LogP contribution < -0.4 is 5.32 Å². The van der Waals surface area contributed by atoms with Gasteiger partial charge in [0.2, 0.25) is 18.1 Å². The van der Waals surface area contributed by atoms with E-state index >= 15 is 0 Å². The average Bonchev–Trinajstić information content (AvgIpc) is 2.64. The number of allylic oxidation sites excluding steroid dienone is 1. The van der Waals surface area contributed by atoms with E-state index in [4.69, 9.17) is 9.47 Å². The minimum absolute atomic E-state index is 0.0719. The van der Waals surface area contributed by atoms with Crippen LogP contribution >= 0.6 is 0 Å². The topological polar surface area (TPSA) is 84.9 Å². The Bertz CT molecular complexity index is 449. The highest BCUT2D eigenvalue weighted by atomic mass is 16.7. The Hall–Kier alpha value is -1.89. The first-order valence-electron chi connectivity index (χ1n) is 6.88. The van der Waals surface area contributed by atoms with Gasteiger partial charge in [0, 0.05) is 13.2 Å². The van der Waals surface area contributed by atoms with E-state index in [0.717, 1.165) is 0 Å². The largest absolute Gasteiger partial charge is 0.433 e. The van der Waals surface area contributed by atoms with Gasteiger partial charge < -0.3 is 19.7 Å². The summed E-state index contributed by atoms with van der Waals surface area (Å²) in [5.74, 6) is -1.06. The minimum Gasteiger partial charge on any atom is -0.433 e. The molecule has 2 unspecified atom stereocenters. The fraction of sp³-hybridized carbons (Fsp3) is 0.571. The van der Waals surface area contributed by atoms with E-state index in [-0.39, 0.29) is 24.8 Å². The molecule has 0 spiro atoms. The number of carbonyl (C=O) groups is 3. The summed E-state index contributed by atoms with van der Waals surface area (Å²) in [6, 6.07) is -0.518. The zero-order chi connectivity index (χ0) is 15.2. The maximum absolute atomic E-state index is 12.0. The number of nitrogens with one attached hydrogen (secondary N) is 1. The summed E-state index contributed by atoms with van der Waals surface area (Å²) < 4.78 is 10.2. The Balaban J connectivity index is 1.87. The lowest BCUT2D eigenvalue weighted by atomic mass is 10.2. The van der Waals surface area contributed by atoms with Crippen molar-refractivity contribution in [3.63, 3.8) is 0 Å². The van der Waals surface area contributed by atoms with Crippen molar-refractivity contribution in [3.8, 4) is 0 Å². The maximum atomic E-state index is 12.0. The second kappa shape index (κ2) is 7.21. The molecule has 114 valence electrons. The van der Waals surface area contributed by atoms with Gasteiger partial charge in [0.05, 0.1) is 19.4 Å². The van der Waals surface area contributed by atoms with Crippen LogP contribution in [0, 0.1) is 6.42 Å². The third-order valence-corrected chi connectivity index (χ3v) is 3.13. The monoisotopic (exact) mass is 294 g/mol. The number of esters is 1. The van der Waals surface area contributed by atoms with Crippen LogP contribution in [0.25, 0.3) is 0 Å². The van der Waals surface area contributed by atoms with Gasteiger partial charge in [-0.3, -0.25) is 14.4 Å². The van der Waals surface area contributed by atoms with Gasteiger partial charge >= 0.3 is 5.97 Å². The second-order valence-electron chi connectivity index (χ2n) is 4.73. The first kappa shape index (κ1) is 15.5. The van der Waals surface area contributed by atoms with Crippen LogP contribution in [0.5, 0.6) is 0 Å². The van der Waals surface area contributed by atoms with Crippen molar-refractivity contribution in [2.45, 2.75) is 32.1 Å². The molecule has 2 aliphatic rings. The molecule has 2 aliphatic heterocycles. The summed E-state index contributed by atoms with van der Waals surface area (Å²) in [5, 5.41) is 2.68. The summed E-state index contributed by atoms with van der Waals surface area (Å²) in [4.78, 5) is 36.4. The van der Waals surface area contributed by atoms with Gasteiger partial charge in [-0.15, -0.1) is 0 Å². The molecule has 1 saturated heterocycles. The number of amides is 2. The van der Waals surface area contributed by atoms with E-state index in [9.17, 15) is 14.4 Å². The molecule has 0 aromatic carbocycles. The van der Waals surface area contributed by atoms with E-state index in [1.165, 1.54) is 4.90 Å². The predicted molar refractivity (Wildman–Crippen MR) is 71.6 cm³/mol. The summed E-state index contributed by atoms with van der Waals surface area (Å²) in [7, 11) is 0. The lowest BCUT2D eigenvalue weighted by Crippen LogP contribution is -2.47. The van der Waals surface area contributed by atoms with Gasteiger partial charge in [0.1, 0.15) is 6.04 Å². The maximum Gasteiger partial charge on any atom is 0.310 e. The van der Waals surface area contributed by atoms with Gasteiger partial charge in [-0.05, 0) is 13.3 Å². The summed E-state index contributed by atoms with van der Waals surface area (Å²) in [6.07, 6.45) is 6.05. The van der Waals surface area contributed by atoms with Crippen molar-refractivity contribution in [3.05, 3.63) is 18.6 Å². The van der Waals surface area contributed by atoms with Crippen LogP contribution in [0.4, 0.5) is 0 Å². The fourth-order valence-electron chi connectivity index (χ4n) is 2.16. The SMILES string of the molecule is CCOC1OC(=O)CC1NC(=O)CN1CC=CC[C]C1=O. The molecule has 0 aliphatic carbocycles. The first-order valence-corrected chi connectivity index (χ1v) is 6.88. The van der Waals surface area contributed by atoms with E-state index in [2.05, 4.69) is 11.7 Å². The molecule has 0 aromatic heterocycles. The van der Waals surface area contributed by atoms with E-state index < -0.39 is 18.3 Å². The van der Waals surface area contributed by atoms with Crippen molar-refractivity contribution in [1.29, 1.82) is 0 Å². The molecule has 7 nitrogen and oxygen atoms in total. The molecule has 21 heavy (non-hydrogen) atoms. The summed E-state index contributed by atoms with van der Waals surface area (Å²) in [5.41, 5.74) is 0. The molecule has 0 saturated carbocycles. The standard InChI is InChI=1S/C14H18N2O5/c1-2-20-14-10(8-13(19)21-14)15-11(17)9-16-7-5-3-4-6-12(16)18/h3,5,10,14H,2,4,7-9H2,1H3,(H,15,17). The molecule has 2 atom stereocenters. The molecule has 2 rings (SSSR count). The molecule has 1 N–H and O–H groups in total. The Kier molecular flexibility index (Phi) is 5.32. The first-order chi connectivity index (χ1) is 10.1. The number of hydrogen-bond donors (Lipinski definition) is 1. The third-order valence-electron chi connectivity index (χ3n) is 3.13. The molecule has 7 heteroatoms. The van der Waals surface area contributed by atoms with Gasteiger partial charge in [0.15, 0.2) is 0 Å². The Morgan fingerprint density at radius 2 is 2.33 bits per heavy atom. The normalized spacial score (nSPS) is 25.7. The Morgan fingerprint density at radius 3 is 3.10 bits per heavy atom. The third kappa shape index (κ3) is 4.29. The van der Waals surface area contributed by atoms with Gasteiger partial charge in [0.25, 0.3) is 0 Å². The number of carbonyl (C=O) groups excluding carboxylic acids is 3.